The second-order valence-electron chi connectivity index (χ2n) is 6.68. The smallest absolute Gasteiger partial charge is 0.341 e. The van der Waals surface area contributed by atoms with Gasteiger partial charge < -0.3 is 14.6 Å². The van der Waals surface area contributed by atoms with Gasteiger partial charge in [0, 0.05) is 29.2 Å². The number of esters is 1. The summed E-state index contributed by atoms with van der Waals surface area (Å²) < 4.78 is 5.89. The molecule has 5 heteroatoms. The Kier molecular flexibility index (Phi) is 4.17. The van der Waals surface area contributed by atoms with E-state index in [4.69, 9.17) is 9.57 Å². The van der Waals surface area contributed by atoms with Gasteiger partial charge in [-0.2, -0.15) is 0 Å². The van der Waals surface area contributed by atoms with E-state index in [0.29, 0.717) is 12.1 Å². The predicted molar refractivity (Wildman–Crippen MR) is 100 cm³/mol. The Hall–Kier alpha value is -2.79. The van der Waals surface area contributed by atoms with Crippen molar-refractivity contribution in [1.29, 1.82) is 0 Å². The molecule has 1 aliphatic heterocycles. The minimum absolute atomic E-state index is 0.260. The highest BCUT2D eigenvalue weighted by atomic mass is 16.7. The number of hydrogen-bond acceptors (Lipinski definition) is 4. The van der Waals surface area contributed by atoms with Crippen LogP contribution in [0.5, 0.6) is 5.75 Å². The van der Waals surface area contributed by atoms with E-state index in [9.17, 15) is 4.79 Å². The van der Waals surface area contributed by atoms with Crippen molar-refractivity contribution in [3.63, 3.8) is 0 Å². The molecule has 1 aromatic heterocycles. The lowest BCUT2D eigenvalue weighted by Crippen LogP contribution is -2.14. The fraction of sp³-hybridized carbons (Fsp3) is 0.286. The van der Waals surface area contributed by atoms with Crippen LogP contribution in [0.25, 0.3) is 10.9 Å². The first-order valence-electron chi connectivity index (χ1n) is 8.87. The highest BCUT2D eigenvalue weighted by Crippen LogP contribution is 2.37. The molecule has 5 nitrogen and oxygen atoms in total. The first kappa shape index (κ1) is 16.7. The van der Waals surface area contributed by atoms with Gasteiger partial charge in [0.05, 0.1) is 12.1 Å². The minimum Gasteiger partial charge on any atom is -0.454 e. The number of nitrogens with one attached hydrogen (secondary N) is 1. The van der Waals surface area contributed by atoms with Crippen LogP contribution >= 0.6 is 0 Å². The lowest BCUT2D eigenvalue weighted by molar-refractivity contribution is -0.0136. The number of ether oxygens (including phenoxy) is 1. The highest BCUT2D eigenvalue weighted by molar-refractivity contribution is 6.07. The molecule has 0 bridgehead atoms. The van der Waals surface area contributed by atoms with Crippen LogP contribution in [0.2, 0.25) is 0 Å². The number of carbonyl (C=O) groups excluding carboxylic acids is 1. The van der Waals surface area contributed by atoms with E-state index < -0.39 is 0 Å². The summed E-state index contributed by atoms with van der Waals surface area (Å²) in [5.41, 5.74) is 4.38. The molecule has 3 aromatic rings. The van der Waals surface area contributed by atoms with Crippen molar-refractivity contribution in [3.05, 3.63) is 64.8 Å². The predicted octanol–water partition coefficient (Wildman–Crippen LogP) is 4.52. The molecule has 0 radical (unpaired) electrons. The maximum atomic E-state index is 13.1. The van der Waals surface area contributed by atoms with E-state index in [2.05, 4.69) is 4.98 Å². The number of carbonyl (C=O) groups is 1. The normalized spacial score (nSPS) is 14.9. The van der Waals surface area contributed by atoms with Gasteiger partial charge >= 0.3 is 5.97 Å². The largest absolute Gasteiger partial charge is 0.454 e. The average molecular weight is 350 g/mol. The van der Waals surface area contributed by atoms with Crippen LogP contribution in [0.4, 0.5) is 0 Å². The van der Waals surface area contributed by atoms with Crippen molar-refractivity contribution in [2.24, 2.45) is 0 Å². The Labute approximate surface area is 152 Å². The van der Waals surface area contributed by atoms with Gasteiger partial charge in [0.1, 0.15) is 6.10 Å². The minimum atomic E-state index is -0.299. The number of hydroxylamine groups is 2. The zero-order chi connectivity index (χ0) is 18.3. The monoisotopic (exact) mass is 350 g/mol. The van der Waals surface area contributed by atoms with Crippen molar-refractivity contribution in [1.82, 2.24) is 10.0 Å². The van der Waals surface area contributed by atoms with Crippen LogP contribution < -0.4 is 4.84 Å². The summed E-state index contributed by atoms with van der Waals surface area (Å²) in [7, 11) is 1.88. The molecule has 1 aliphatic rings. The van der Waals surface area contributed by atoms with Gasteiger partial charge in [-0.25, -0.2) is 4.79 Å². The van der Waals surface area contributed by atoms with Crippen molar-refractivity contribution in [2.45, 2.75) is 32.9 Å². The molecule has 26 heavy (non-hydrogen) atoms. The van der Waals surface area contributed by atoms with E-state index in [0.717, 1.165) is 39.9 Å². The van der Waals surface area contributed by atoms with E-state index in [1.54, 1.807) is 5.06 Å². The van der Waals surface area contributed by atoms with Crippen LogP contribution in [-0.4, -0.2) is 23.1 Å². The second-order valence-corrected chi connectivity index (χ2v) is 6.68. The van der Waals surface area contributed by atoms with Gasteiger partial charge in [0.2, 0.25) is 0 Å². The third kappa shape index (κ3) is 2.74. The van der Waals surface area contributed by atoms with E-state index in [-0.39, 0.29) is 12.1 Å². The number of H-pyrrole nitrogens is 1. The second kappa shape index (κ2) is 6.50. The van der Waals surface area contributed by atoms with Gasteiger partial charge in [-0.3, -0.25) is 0 Å². The lowest BCUT2D eigenvalue weighted by atomic mass is 10.0. The molecule has 0 saturated carbocycles. The van der Waals surface area contributed by atoms with Gasteiger partial charge in [0.25, 0.3) is 0 Å². The molecular formula is C21H22N2O3. The van der Waals surface area contributed by atoms with Gasteiger partial charge in [0.15, 0.2) is 5.75 Å². The molecule has 2 heterocycles. The molecule has 134 valence electrons. The third-order valence-corrected chi connectivity index (χ3v) is 4.85. The van der Waals surface area contributed by atoms with Crippen LogP contribution in [0.3, 0.4) is 0 Å². The molecule has 4 rings (SSSR count). The Bertz CT molecular complexity index is 962. The molecule has 0 aliphatic carbocycles. The summed E-state index contributed by atoms with van der Waals surface area (Å²) in [4.78, 5) is 22.1. The van der Waals surface area contributed by atoms with Gasteiger partial charge in [-0.1, -0.05) is 37.3 Å². The maximum Gasteiger partial charge on any atom is 0.341 e. The number of nitrogens with zero attached hydrogens (tertiary/aromatic N) is 1. The fourth-order valence-electron chi connectivity index (χ4n) is 3.63. The fourth-order valence-corrected chi connectivity index (χ4v) is 3.63. The number of aromatic nitrogens is 1. The van der Waals surface area contributed by atoms with Crippen LogP contribution in [0.15, 0.2) is 42.5 Å². The van der Waals surface area contributed by atoms with Gasteiger partial charge in [-0.15, -0.1) is 5.06 Å². The van der Waals surface area contributed by atoms with E-state index in [1.807, 2.05) is 63.4 Å². The van der Waals surface area contributed by atoms with Crippen LogP contribution in [0.1, 0.15) is 46.6 Å². The maximum absolute atomic E-state index is 13.1. The number of aromatic amines is 1. The Morgan fingerprint density at radius 1 is 1.27 bits per heavy atom. The Morgan fingerprint density at radius 3 is 2.77 bits per heavy atom. The number of rotatable bonds is 4. The third-order valence-electron chi connectivity index (χ3n) is 4.85. The molecule has 0 saturated heterocycles. The molecule has 1 atom stereocenters. The standard InChI is InChI=1S/C21H22N2O3/c1-4-17(14-8-6-5-7-9-14)25-21(24)19-13(2)22-16-10-11-18-15(20(16)19)12-23(3)26-18/h5-11,17,22H,4,12H2,1-3H3. The quantitative estimate of drug-likeness (QED) is 0.703. The van der Waals surface area contributed by atoms with Crippen LogP contribution in [-0.2, 0) is 11.3 Å². The van der Waals surface area contributed by atoms with Crippen molar-refractivity contribution >= 4 is 16.9 Å². The van der Waals surface area contributed by atoms with E-state index >= 15 is 0 Å². The Balaban J connectivity index is 1.73. The molecule has 1 N–H and O–H groups in total. The van der Waals surface area contributed by atoms with Crippen molar-refractivity contribution in [2.75, 3.05) is 7.05 Å². The molecule has 0 spiro atoms. The summed E-state index contributed by atoms with van der Waals surface area (Å²) in [5, 5.41) is 2.66. The topological polar surface area (TPSA) is 54.6 Å². The molecule has 1 unspecified atom stereocenters. The number of fused-ring (bicyclic) bond motifs is 3. The summed E-state index contributed by atoms with van der Waals surface area (Å²) in [6, 6.07) is 13.7. The number of hydrogen-bond donors (Lipinski definition) is 1. The SMILES string of the molecule is CCC(OC(=O)c1c(C)[nH]c2ccc3c(c12)CN(C)O3)c1ccccc1. The highest BCUT2D eigenvalue weighted by Gasteiger charge is 2.28. The van der Waals surface area contributed by atoms with Crippen molar-refractivity contribution in [3.8, 4) is 5.75 Å². The summed E-state index contributed by atoms with van der Waals surface area (Å²) in [5.74, 6) is 0.496. The average Bonchev–Trinajstić information content (AvgIpc) is 3.18. The molecule has 0 fully saturated rings. The molecule has 0 amide bonds. The molecule has 2 aromatic carbocycles. The van der Waals surface area contributed by atoms with Gasteiger partial charge in [-0.05, 0) is 31.0 Å². The summed E-state index contributed by atoms with van der Waals surface area (Å²) in [6.45, 7) is 4.57. The van der Waals surface area contributed by atoms with E-state index in [1.165, 1.54) is 0 Å². The first-order chi connectivity index (χ1) is 12.6. The Morgan fingerprint density at radius 2 is 2.04 bits per heavy atom. The number of aryl methyl sites for hydroxylation is 1. The summed E-state index contributed by atoms with van der Waals surface area (Å²) in [6.07, 6.45) is 0.463. The lowest BCUT2D eigenvalue weighted by Gasteiger charge is -2.17. The first-order valence-corrected chi connectivity index (χ1v) is 8.87. The summed E-state index contributed by atoms with van der Waals surface area (Å²) >= 11 is 0. The van der Waals surface area contributed by atoms with Crippen molar-refractivity contribution < 1.29 is 14.4 Å². The zero-order valence-corrected chi connectivity index (χ0v) is 15.2. The van der Waals surface area contributed by atoms with Crippen LogP contribution in [0, 0.1) is 6.92 Å². The zero-order valence-electron chi connectivity index (χ0n) is 15.2. The number of benzene rings is 2. The molecular weight excluding hydrogens is 328 g/mol.